The molecule has 0 saturated heterocycles. The number of carbonyl (C=O) groups excluding carboxylic acids is 1. The van der Waals surface area contributed by atoms with Crippen LogP contribution in [0.3, 0.4) is 0 Å². The van der Waals surface area contributed by atoms with E-state index >= 15 is 0 Å². The van der Waals surface area contributed by atoms with Gasteiger partial charge in [0.05, 0.1) is 0 Å². The Bertz CT molecular complexity index is 176. The molecule has 0 unspecified atom stereocenters. The third-order valence-electron chi connectivity index (χ3n) is 1.68. The molecule has 0 aliphatic heterocycles. The highest BCUT2D eigenvalue weighted by atomic mass is 16.5. The van der Waals surface area contributed by atoms with Crippen LogP contribution in [0.4, 0.5) is 0 Å². The lowest BCUT2D eigenvalue weighted by Gasteiger charge is -2.00. The predicted octanol–water partition coefficient (Wildman–Crippen LogP) is 1.62. The first-order valence-corrected chi connectivity index (χ1v) is 4.72. The van der Waals surface area contributed by atoms with Crippen molar-refractivity contribution in [1.82, 2.24) is 0 Å². The van der Waals surface area contributed by atoms with Gasteiger partial charge in [-0.3, -0.25) is 4.79 Å². The van der Waals surface area contributed by atoms with Crippen LogP contribution in [0.5, 0.6) is 0 Å². The second kappa shape index (κ2) is 7.80. The van der Waals surface area contributed by atoms with Gasteiger partial charge in [-0.05, 0) is 26.2 Å². The number of nitrogens with two attached hydrogens (primary N) is 1. The zero-order valence-corrected chi connectivity index (χ0v) is 8.51. The molecule has 0 heterocycles. The second-order valence-corrected chi connectivity index (χ2v) is 3.01. The Morgan fingerprint density at radius 1 is 1.46 bits per heavy atom. The van der Waals surface area contributed by atoms with Gasteiger partial charge in [-0.1, -0.05) is 13.0 Å². The van der Waals surface area contributed by atoms with E-state index in [1.54, 1.807) is 6.92 Å². The molecule has 1 amide bonds. The molecule has 3 heteroatoms. The van der Waals surface area contributed by atoms with Crippen molar-refractivity contribution in [1.29, 1.82) is 0 Å². The van der Waals surface area contributed by atoms with Gasteiger partial charge in [0.2, 0.25) is 5.91 Å². The summed E-state index contributed by atoms with van der Waals surface area (Å²) >= 11 is 0. The quantitative estimate of drug-likeness (QED) is 0.484. The number of hydrogen-bond acceptors (Lipinski definition) is 2. The molecular formula is C10H19NO2. The molecule has 0 aromatic heterocycles. The Hall–Kier alpha value is -0.830. The number of allylic oxidation sites excluding steroid dienone is 1. The van der Waals surface area contributed by atoms with Crippen LogP contribution in [-0.2, 0) is 9.53 Å². The van der Waals surface area contributed by atoms with Crippen molar-refractivity contribution < 1.29 is 9.53 Å². The highest BCUT2D eigenvalue weighted by Gasteiger charge is 1.94. The van der Waals surface area contributed by atoms with E-state index in [1.165, 1.54) is 0 Å². The molecular weight excluding hydrogens is 166 g/mol. The average Bonchev–Trinajstić information content (AvgIpc) is 2.10. The van der Waals surface area contributed by atoms with Crippen molar-refractivity contribution in [3.63, 3.8) is 0 Å². The van der Waals surface area contributed by atoms with Gasteiger partial charge in [-0.2, -0.15) is 0 Å². The maximum atomic E-state index is 10.6. The Morgan fingerprint density at radius 3 is 2.69 bits per heavy atom. The van der Waals surface area contributed by atoms with E-state index in [-0.39, 0.29) is 5.91 Å². The largest absolute Gasteiger partial charge is 0.381 e. The van der Waals surface area contributed by atoms with Gasteiger partial charge in [0.1, 0.15) is 0 Å². The second-order valence-electron chi connectivity index (χ2n) is 3.01. The number of primary amides is 1. The van der Waals surface area contributed by atoms with E-state index in [2.05, 4.69) is 6.92 Å². The molecule has 2 N–H and O–H groups in total. The van der Waals surface area contributed by atoms with Crippen molar-refractivity contribution in [2.75, 3.05) is 13.2 Å². The summed E-state index contributed by atoms with van der Waals surface area (Å²) in [5.41, 5.74) is 5.69. The van der Waals surface area contributed by atoms with Crippen molar-refractivity contribution in [2.45, 2.75) is 33.1 Å². The number of hydrogen-bond donors (Lipinski definition) is 1. The zero-order chi connectivity index (χ0) is 10.1. The normalized spacial score (nSPS) is 11.7. The van der Waals surface area contributed by atoms with E-state index in [4.69, 9.17) is 10.5 Å². The highest BCUT2D eigenvalue weighted by molar-refractivity contribution is 5.91. The Morgan fingerprint density at radius 2 is 2.15 bits per heavy atom. The van der Waals surface area contributed by atoms with Gasteiger partial charge in [0.25, 0.3) is 0 Å². The molecule has 76 valence electrons. The molecule has 0 rings (SSSR count). The van der Waals surface area contributed by atoms with Crippen LogP contribution < -0.4 is 5.73 Å². The molecule has 3 nitrogen and oxygen atoms in total. The first-order valence-electron chi connectivity index (χ1n) is 4.72. The Labute approximate surface area is 79.9 Å². The molecule has 0 saturated carbocycles. The van der Waals surface area contributed by atoms with Crippen LogP contribution in [0.2, 0.25) is 0 Å². The van der Waals surface area contributed by atoms with Crippen molar-refractivity contribution in [3.05, 3.63) is 11.6 Å². The first-order chi connectivity index (χ1) is 6.18. The van der Waals surface area contributed by atoms with Gasteiger partial charge in [0, 0.05) is 18.8 Å². The molecule has 13 heavy (non-hydrogen) atoms. The van der Waals surface area contributed by atoms with E-state index in [1.807, 2.05) is 6.08 Å². The van der Waals surface area contributed by atoms with Gasteiger partial charge in [-0.15, -0.1) is 0 Å². The third-order valence-corrected chi connectivity index (χ3v) is 1.68. The average molecular weight is 185 g/mol. The smallest absolute Gasteiger partial charge is 0.244 e. The number of carbonyl (C=O) groups is 1. The Kier molecular flexibility index (Phi) is 7.30. The molecule has 0 aromatic rings. The summed E-state index contributed by atoms with van der Waals surface area (Å²) in [5.74, 6) is -0.338. The van der Waals surface area contributed by atoms with E-state index in [9.17, 15) is 4.79 Å². The fraction of sp³-hybridized carbons (Fsp3) is 0.700. The van der Waals surface area contributed by atoms with E-state index < -0.39 is 0 Å². The lowest BCUT2D eigenvalue weighted by atomic mass is 10.2. The molecule has 0 aliphatic carbocycles. The fourth-order valence-electron chi connectivity index (χ4n) is 0.851. The van der Waals surface area contributed by atoms with Gasteiger partial charge < -0.3 is 10.5 Å². The highest BCUT2D eigenvalue weighted by Crippen LogP contribution is 1.98. The molecule has 0 atom stereocenters. The topological polar surface area (TPSA) is 52.3 Å². The maximum Gasteiger partial charge on any atom is 0.244 e. The minimum absolute atomic E-state index is 0.338. The summed E-state index contributed by atoms with van der Waals surface area (Å²) in [6, 6.07) is 0. The van der Waals surface area contributed by atoms with Crippen molar-refractivity contribution in [2.24, 2.45) is 5.73 Å². The standard InChI is InChI=1S/C10H19NO2/c1-3-7-13-8-5-4-6-9(2)10(11)12/h6H,3-5,7-8H2,1-2H3,(H2,11,12). The summed E-state index contributed by atoms with van der Waals surface area (Å²) < 4.78 is 5.28. The van der Waals surface area contributed by atoms with Crippen LogP contribution >= 0.6 is 0 Å². The summed E-state index contributed by atoms with van der Waals surface area (Å²) in [5, 5.41) is 0. The van der Waals surface area contributed by atoms with Gasteiger partial charge in [0.15, 0.2) is 0 Å². The first kappa shape index (κ1) is 12.2. The number of rotatable bonds is 7. The van der Waals surface area contributed by atoms with Crippen LogP contribution in [0.25, 0.3) is 0 Å². The van der Waals surface area contributed by atoms with Crippen LogP contribution in [0.1, 0.15) is 33.1 Å². The molecule has 0 bridgehead atoms. The summed E-state index contributed by atoms with van der Waals surface area (Å²) in [4.78, 5) is 10.6. The number of ether oxygens (including phenoxy) is 1. The molecule has 0 aliphatic rings. The summed E-state index contributed by atoms with van der Waals surface area (Å²) in [7, 11) is 0. The SMILES string of the molecule is CCCOCCCC=C(C)C(N)=O. The van der Waals surface area contributed by atoms with Crippen molar-refractivity contribution in [3.8, 4) is 0 Å². The third kappa shape index (κ3) is 7.53. The molecule has 0 aromatic carbocycles. The van der Waals surface area contributed by atoms with Gasteiger partial charge >= 0.3 is 0 Å². The fourth-order valence-corrected chi connectivity index (χ4v) is 0.851. The maximum absolute atomic E-state index is 10.6. The van der Waals surface area contributed by atoms with Crippen LogP contribution in [0.15, 0.2) is 11.6 Å². The number of amides is 1. The lowest BCUT2D eigenvalue weighted by molar-refractivity contribution is -0.114. The molecule has 0 spiro atoms. The molecule has 0 fully saturated rings. The lowest BCUT2D eigenvalue weighted by Crippen LogP contribution is -2.11. The zero-order valence-electron chi connectivity index (χ0n) is 8.51. The Balaban J connectivity index is 3.34. The minimum atomic E-state index is -0.338. The number of unbranched alkanes of at least 4 members (excludes halogenated alkanes) is 1. The van der Waals surface area contributed by atoms with E-state index in [0.717, 1.165) is 32.5 Å². The minimum Gasteiger partial charge on any atom is -0.381 e. The summed E-state index contributed by atoms with van der Waals surface area (Å²) in [6.45, 7) is 5.39. The van der Waals surface area contributed by atoms with Crippen LogP contribution in [-0.4, -0.2) is 19.1 Å². The summed E-state index contributed by atoms with van der Waals surface area (Å²) in [6.07, 6.45) is 4.72. The van der Waals surface area contributed by atoms with Gasteiger partial charge in [-0.25, -0.2) is 0 Å². The van der Waals surface area contributed by atoms with E-state index in [0.29, 0.717) is 5.57 Å². The predicted molar refractivity (Wildman–Crippen MR) is 53.3 cm³/mol. The van der Waals surface area contributed by atoms with Crippen molar-refractivity contribution >= 4 is 5.91 Å². The monoisotopic (exact) mass is 185 g/mol. The van der Waals surface area contributed by atoms with Crippen LogP contribution in [0, 0.1) is 0 Å². The molecule has 0 radical (unpaired) electrons.